The average molecular weight is 339 g/mol. The van der Waals surface area contributed by atoms with E-state index >= 15 is 0 Å². The van der Waals surface area contributed by atoms with E-state index in [0.717, 1.165) is 28.1 Å². The van der Waals surface area contributed by atoms with Crippen LogP contribution in [0.5, 0.6) is 11.5 Å². The van der Waals surface area contributed by atoms with Gasteiger partial charge in [0.1, 0.15) is 18.1 Å². The van der Waals surface area contributed by atoms with Crippen LogP contribution in [-0.4, -0.2) is 16.9 Å². The van der Waals surface area contributed by atoms with E-state index in [1.54, 1.807) is 7.11 Å². The van der Waals surface area contributed by atoms with Crippen molar-refractivity contribution in [2.24, 2.45) is 0 Å². The minimum absolute atomic E-state index is 0.364. The summed E-state index contributed by atoms with van der Waals surface area (Å²) in [6, 6.07) is 8.14. The summed E-state index contributed by atoms with van der Waals surface area (Å²) in [7, 11) is 1.66. The first kappa shape index (κ1) is 14.9. The van der Waals surface area contributed by atoms with Crippen LogP contribution in [0, 0.1) is 0 Å². The molecule has 0 aliphatic heterocycles. The maximum Gasteiger partial charge on any atom is 0.132 e. The SMILES string of the molecule is COc1ccc(OCc2ccn(C(C)C)n2)c(CBr)c1. The van der Waals surface area contributed by atoms with Crippen LogP contribution in [0.3, 0.4) is 0 Å². The van der Waals surface area contributed by atoms with Gasteiger partial charge in [-0.1, -0.05) is 15.9 Å². The summed E-state index contributed by atoms with van der Waals surface area (Å²) in [5.41, 5.74) is 1.99. The molecule has 108 valence electrons. The second-order valence-corrected chi connectivity index (χ2v) is 5.34. The van der Waals surface area contributed by atoms with Gasteiger partial charge in [0.25, 0.3) is 0 Å². The molecule has 1 aromatic heterocycles. The molecule has 0 N–H and O–H groups in total. The smallest absolute Gasteiger partial charge is 0.132 e. The standard InChI is InChI=1S/C15H19BrN2O2/c1-11(2)18-7-6-13(17-18)10-20-15-5-4-14(19-3)8-12(15)9-16/h4-8,11H,9-10H2,1-3H3. The number of ether oxygens (including phenoxy) is 2. The third-order valence-electron chi connectivity index (χ3n) is 2.98. The zero-order valence-corrected chi connectivity index (χ0v) is 13.6. The minimum atomic E-state index is 0.364. The van der Waals surface area contributed by atoms with E-state index in [2.05, 4.69) is 34.9 Å². The predicted molar refractivity (Wildman–Crippen MR) is 82.6 cm³/mol. The molecule has 2 rings (SSSR count). The lowest BCUT2D eigenvalue weighted by Gasteiger charge is -2.10. The molecule has 0 saturated carbocycles. The van der Waals surface area contributed by atoms with Crippen LogP contribution in [0.25, 0.3) is 0 Å². The van der Waals surface area contributed by atoms with Gasteiger partial charge in [0.2, 0.25) is 0 Å². The highest BCUT2D eigenvalue weighted by Gasteiger charge is 2.07. The molecule has 0 amide bonds. The summed E-state index contributed by atoms with van der Waals surface area (Å²) in [6.45, 7) is 4.67. The van der Waals surface area contributed by atoms with Gasteiger partial charge in [-0.15, -0.1) is 0 Å². The van der Waals surface area contributed by atoms with Crippen molar-refractivity contribution in [2.75, 3.05) is 7.11 Å². The van der Waals surface area contributed by atoms with E-state index in [1.807, 2.05) is 35.1 Å². The van der Waals surface area contributed by atoms with Crippen molar-refractivity contribution in [3.8, 4) is 11.5 Å². The Morgan fingerprint density at radius 3 is 2.70 bits per heavy atom. The molecule has 0 saturated heterocycles. The van der Waals surface area contributed by atoms with Crippen LogP contribution in [0.4, 0.5) is 0 Å². The van der Waals surface area contributed by atoms with Gasteiger partial charge in [-0.05, 0) is 38.1 Å². The average Bonchev–Trinajstić information content (AvgIpc) is 2.94. The minimum Gasteiger partial charge on any atom is -0.497 e. The van der Waals surface area contributed by atoms with E-state index < -0.39 is 0 Å². The van der Waals surface area contributed by atoms with Crippen molar-refractivity contribution in [1.82, 2.24) is 9.78 Å². The molecule has 20 heavy (non-hydrogen) atoms. The number of benzene rings is 1. The molecule has 2 aromatic rings. The van der Waals surface area contributed by atoms with Gasteiger partial charge in [0, 0.05) is 23.1 Å². The maximum atomic E-state index is 5.85. The summed E-state index contributed by atoms with van der Waals surface area (Å²) in [5.74, 6) is 1.68. The van der Waals surface area contributed by atoms with E-state index in [-0.39, 0.29) is 0 Å². The summed E-state index contributed by atoms with van der Waals surface area (Å²) in [6.07, 6.45) is 1.97. The Kier molecular flexibility index (Phi) is 5.06. The molecule has 1 aromatic carbocycles. The summed E-state index contributed by atoms with van der Waals surface area (Å²) < 4.78 is 13.0. The maximum absolute atomic E-state index is 5.85. The monoisotopic (exact) mass is 338 g/mol. The first-order valence-corrected chi connectivity index (χ1v) is 7.66. The first-order chi connectivity index (χ1) is 9.63. The van der Waals surface area contributed by atoms with Gasteiger partial charge in [-0.2, -0.15) is 5.10 Å². The van der Waals surface area contributed by atoms with Crippen LogP contribution in [-0.2, 0) is 11.9 Å². The Morgan fingerprint density at radius 2 is 2.10 bits per heavy atom. The number of nitrogens with zero attached hydrogens (tertiary/aromatic N) is 2. The van der Waals surface area contributed by atoms with Gasteiger partial charge < -0.3 is 9.47 Å². The number of methoxy groups -OCH3 is 1. The van der Waals surface area contributed by atoms with Gasteiger partial charge >= 0.3 is 0 Å². The Bertz CT molecular complexity index is 567. The summed E-state index contributed by atoms with van der Waals surface area (Å²) in [5, 5.41) is 5.19. The lowest BCUT2D eigenvalue weighted by atomic mass is 10.2. The van der Waals surface area contributed by atoms with Gasteiger partial charge in [-0.3, -0.25) is 4.68 Å². The third-order valence-corrected chi connectivity index (χ3v) is 3.58. The fourth-order valence-corrected chi connectivity index (χ4v) is 2.26. The van der Waals surface area contributed by atoms with Crippen molar-refractivity contribution in [3.63, 3.8) is 0 Å². The summed E-state index contributed by atoms with van der Waals surface area (Å²) >= 11 is 3.47. The molecule has 0 radical (unpaired) electrons. The van der Waals surface area contributed by atoms with Crippen LogP contribution < -0.4 is 9.47 Å². The predicted octanol–water partition coefficient (Wildman–Crippen LogP) is 3.95. The van der Waals surface area contributed by atoms with Crippen LogP contribution in [0.1, 0.15) is 31.1 Å². The lowest BCUT2D eigenvalue weighted by Crippen LogP contribution is -2.04. The molecule has 1 heterocycles. The molecular formula is C15H19BrN2O2. The first-order valence-electron chi connectivity index (χ1n) is 6.53. The Labute approximate surface area is 127 Å². The van der Waals surface area contributed by atoms with Crippen LogP contribution in [0.2, 0.25) is 0 Å². The third kappa shape index (κ3) is 3.54. The van der Waals surface area contributed by atoms with Crippen molar-refractivity contribution >= 4 is 15.9 Å². The highest BCUT2D eigenvalue weighted by Crippen LogP contribution is 2.26. The highest BCUT2D eigenvalue weighted by atomic mass is 79.9. The number of halogens is 1. The molecule has 0 bridgehead atoms. The number of rotatable bonds is 6. The van der Waals surface area contributed by atoms with Gasteiger partial charge in [0.15, 0.2) is 0 Å². The Hall–Kier alpha value is -1.49. The number of hydrogen-bond donors (Lipinski definition) is 0. The zero-order chi connectivity index (χ0) is 14.5. The molecule has 0 aliphatic carbocycles. The second-order valence-electron chi connectivity index (χ2n) is 4.78. The Morgan fingerprint density at radius 1 is 1.30 bits per heavy atom. The van der Waals surface area contributed by atoms with Crippen LogP contribution >= 0.6 is 15.9 Å². The fourth-order valence-electron chi connectivity index (χ4n) is 1.82. The van der Waals surface area contributed by atoms with E-state index in [4.69, 9.17) is 9.47 Å². The normalized spacial score (nSPS) is 10.8. The topological polar surface area (TPSA) is 36.3 Å². The molecular weight excluding hydrogens is 320 g/mol. The molecule has 0 fully saturated rings. The number of aromatic nitrogens is 2. The van der Waals surface area contributed by atoms with Crippen molar-refractivity contribution in [2.45, 2.75) is 31.8 Å². The van der Waals surface area contributed by atoms with Gasteiger partial charge in [0.05, 0.1) is 12.8 Å². The number of alkyl halides is 1. The quantitative estimate of drug-likeness (QED) is 0.748. The lowest BCUT2D eigenvalue weighted by molar-refractivity contribution is 0.296. The second kappa shape index (κ2) is 6.79. The fraction of sp³-hybridized carbons (Fsp3) is 0.400. The van der Waals surface area contributed by atoms with Crippen molar-refractivity contribution in [1.29, 1.82) is 0 Å². The van der Waals surface area contributed by atoms with Gasteiger partial charge in [-0.25, -0.2) is 0 Å². The summed E-state index contributed by atoms with van der Waals surface area (Å²) in [4.78, 5) is 0. The van der Waals surface area contributed by atoms with E-state index in [9.17, 15) is 0 Å². The van der Waals surface area contributed by atoms with Crippen molar-refractivity contribution < 1.29 is 9.47 Å². The molecule has 0 atom stereocenters. The molecule has 0 spiro atoms. The van der Waals surface area contributed by atoms with Crippen LogP contribution in [0.15, 0.2) is 30.5 Å². The zero-order valence-electron chi connectivity index (χ0n) is 12.0. The van der Waals surface area contributed by atoms with E-state index in [0.29, 0.717) is 12.6 Å². The Balaban J connectivity index is 2.06. The number of hydrogen-bond acceptors (Lipinski definition) is 3. The highest BCUT2D eigenvalue weighted by molar-refractivity contribution is 9.08. The van der Waals surface area contributed by atoms with Crippen molar-refractivity contribution in [3.05, 3.63) is 41.7 Å². The largest absolute Gasteiger partial charge is 0.497 e. The van der Waals surface area contributed by atoms with E-state index in [1.165, 1.54) is 0 Å². The molecule has 0 aliphatic rings. The molecule has 4 nitrogen and oxygen atoms in total. The molecule has 0 unspecified atom stereocenters. The molecule has 5 heteroatoms.